The molecule has 1 aromatic heterocycles. The first-order valence-corrected chi connectivity index (χ1v) is 5.01. The molecule has 0 radical (unpaired) electrons. The van der Waals surface area contributed by atoms with Gasteiger partial charge < -0.3 is 10.1 Å². The zero-order chi connectivity index (χ0) is 12.2. The van der Waals surface area contributed by atoms with Crippen molar-refractivity contribution in [3.05, 3.63) is 24.0 Å². The SMILES string of the molecule is CC(C)(C)NCc1ccc(OC(F)F)cn1. The number of rotatable bonds is 4. The summed E-state index contributed by atoms with van der Waals surface area (Å²) in [6, 6.07) is 3.15. The molecule has 3 nitrogen and oxygen atoms in total. The smallest absolute Gasteiger partial charge is 0.387 e. The molecule has 0 amide bonds. The van der Waals surface area contributed by atoms with Gasteiger partial charge in [0.15, 0.2) is 0 Å². The summed E-state index contributed by atoms with van der Waals surface area (Å²) in [6.07, 6.45) is 1.30. The van der Waals surface area contributed by atoms with Crippen molar-refractivity contribution < 1.29 is 13.5 Å². The summed E-state index contributed by atoms with van der Waals surface area (Å²) >= 11 is 0. The van der Waals surface area contributed by atoms with Gasteiger partial charge in [-0.3, -0.25) is 4.98 Å². The van der Waals surface area contributed by atoms with Crippen LogP contribution in [-0.2, 0) is 6.54 Å². The molecule has 0 aliphatic rings. The van der Waals surface area contributed by atoms with Crippen molar-refractivity contribution in [1.29, 1.82) is 0 Å². The molecule has 16 heavy (non-hydrogen) atoms. The monoisotopic (exact) mass is 230 g/mol. The first-order chi connectivity index (χ1) is 7.37. The molecule has 0 unspecified atom stereocenters. The number of pyridine rings is 1. The van der Waals surface area contributed by atoms with Crippen LogP contribution in [-0.4, -0.2) is 17.1 Å². The van der Waals surface area contributed by atoms with E-state index in [0.29, 0.717) is 6.54 Å². The van der Waals surface area contributed by atoms with E-state index in [1.807, 2.05) is 20.8 Å². The Kier molecular flexibility index (Phi) is 4.18. The molecule has 90 valence electrons. The fourth-order valence-corrected chi connectivity index (χ4v) is 1.04. The van der Waals surface area contributed by atoms with E-state index in [1.165, 1.54) is 12.3 Å². The van der Waals surface area contributed by atoms with Crippen LogP contribution in [0, 0.1) is 0 Å². The normalized spacial score (nSPS) is 11.9. The minimum absolute atomic E-state index is 0.000175. The minimum atomic E-state index is -2.81. The van der Waals surface area contributed by atoms with Gasteiger partial charge in [0.05, 0.1) is 11.9 Å². The molecule has 1 N–H and O–H groups in total. The fourth-order valence-electron chi connectivity index (χ4n) is 1.04. The topological polar surface area (TPSA) is 34.1 Å². The van der Waals surface area contributed by atoms with Crippen LogP contribution in [0.1, 0.15) is 26.5 Å². The molecule has 0 atom stereocenters. The van der Waals surface area contributed by atoms with Gasteiger partial charge in [-0.2, -0.15) is 8.78 Å². The summed E-state index contributed by atoms with van der Waals surface area (Å²) in [7, 11) is 0. The molecule has 0 saturated heterocycles. The number of nitrogens with zero attached hydrogens (tertiary/aromatic N) is 1. The highest BCUT2D eigenvalue weighted by Gasteiger charge is 2.09. The van der Waals surface area contributed by atoms with E-state index in [0.717, 1.165) is 5.69 Å². The van der Waals surface area contributed by atoms with Crippen molar-refractivity contribution in [1.82, 2.24) is 10.3 Å². The predicted molar refractivity (Wildman–Crippen MR) is 57.5 cm³/mol. The lowest BCUT2D eigenvalue weighted by Crippen LogP contribution is -2.35. The van der Waals surface area contributed by atoms with Crippen LogP contribution in [0.25, 0.3) is 0 Å². The maximum atomic E-state index is 11.9. The maximum absolute atomic E-state index is 11.9. The minimum Gasteiger partial charge on any atom is -0.433 e. The highest BCUT2D eigenvalue weighted by molar-refractivity contribution is 5.19. The summed E-state index contributed by atoms with van der Waals surface area (Å²) < 4.78 is 27.9. The van der Waals surface area contributed by atoms with Gasteiger partial charge in [-0.05, 0) is 32.9 Å². The Labute approximate surface area is 93.8 Å². The van der Waals surface area contributed by atoms with Crippen molar-refractivity contribution >= 4 is 0 Å². The quantitative estimate of drug-likeness (QED) is 0.863. The van der Waals surface area contributed by atoms with Crippen molar-refractivity contribution in [3.63, 3.8) is 0 Å². The fraction of sp³-hybridized carbons (Fsp3) is 0.545. The highest BCUT2D eigenvalue weighted by atomic mass is 19.3. The molecule has 1 aromatic rings. The van der Waals surface area contributed by atoms with Gasteiger partial charge in [-0.25, -0.2) is 0 Å². The van der Waals surface area contributed by atoms with Crippen LogP contribution in [0.15, 0.2) is 18.3 Å². The van der Waals surface area contributed by atoms with Crippen LogP contribution >= 0.6 is 0 Å². The maximum Gasteiger partial charge on any atom is 0.387 e. The number of alkyl halides is 2. The lowest BCUT2D eigenvalue weighted by Gasteiger charge is -2.20. The molecule has 0 spiro atoms. The number of hydrogen-bond donors (Lipinski definition) is 1. The van der Waals surface area contributed by atoms with Crippen LogP contribution in [0.2, 0.25) is 0 Å². The summed E-state index contributed by atoms with van der Waals surface area (Å²) in [6.45, 7) is 3.92. The summed E-state index contributed by atoms with van der Waals surface area (Å²) in [5.41, 5.74) is 0.788. The third-order valence-electron chi connectivity index (χ3n) is 1.82. The van der Waals surface area contributed by atoms with E-state index in [2.05, 4.69) is 15.0 Å². The predicted octanol–water partition coefficient (Wildman–Crippen LogP) is 2.57. The van der Waals surface area contributed by atoms with E-state index in [4.69, 9.17) is 0 Å². The Hall–Kier alpha value is -1.23. The number of nitrogens with one attached hydrogen (secondary N) is 1. The van der Waals surface area contributed by atoms with Crippen molar-refractivity contribution in [2.75, 3.05) is 0 Å². The number of halogens is 2. The van der Waals surface area contributed by atoms with Crippen molar-refractivity contribution in [2.24, 2.45) is 0 Å². The third-order valence-corrected chi connectivity index (χ3v) is 1.82. The van der Waals surface area contributed by atoms with Gasteiger partial charge in [0.1, 0.15) is 5.75 Å². The second kappa shape index (κ2) is 5.21. The molecule has 1 heterocycles. The highest BCUT2D eigenvalue weighted by Crippen LogP contribution is 2.12. The van der Waals surface area contributed by atoms with Gasteiger partial charge in [0.2, 0.25) is 0 Å². The van der Waals surface area contributed by atoms with Crippen molar-refractivity contribution in [3.8, 4) is 5.75 Å². The van der Waals surface area contributed by atoms with Crippen LogP contribution in [0.3, 0.4) is 0 Å². The van der Waals surface area contributed by atoms with E-state index >= 15 is 0 Å². The Bertz CT molecular complexity index is 320. The lowest BCUT2D eigenvalue weighted by atomic mass is 10.1. The van der Waals surface area contributed by atoms with Crippen molar-refractivity contribution in [2.45, 2.75) is 39.5 Å². The lowest BCUT2D eigenvalue weighted by molar-refractivity contribution is -0.0500. The second-order valence-electron chi connectivity index (χ2n) is 4.47. The molecule has 0 aromatic carbocycles. The first-order valence-electron chi connectivity index (χ1n) is 5.01. The molecular formula is C11H16F2N2O. The number of ether oxygens (including phenoxy) is 1. The molecular weight excluding hydrogens is 214 g/mol. The summed E-state index contributed by atoms with van der Waals surface area (Å²) in [4.78, 5) is 4.01. The third kappa shape index (κ3) is 5.02. The number of aromatic nitrogens is 1. The van der Waals surface area contributed by atoms with Crippen LogP contribution in [0.5, 0.6) is 5.75 Å². The Morgan fingerprint density at radius 1 is 1.38 bits per heavy atom. The standard InChI is InChI=1S/C11H16F2N2O/c1-11(2,3)15-6-8-4-5-9(7-14-8)16-10(12)13/h4-5,7,10,15H,6H2,1-3H3. The zero-order valence-corrected chi connectivity index (χ0v) is 9.63. The molecule has 1 rings (SSSR count). The first kappa shape index (κ1) is 12.8. The van der Waals surface area contributed by atoms with Gasteiger partial charge in [-0.15, -0.1) is 0 Å². The van der Waals surface area contributed by atoms with E-state index < -0.39 is 6.61 Å². The second-order valence-corrected chi connectivity index (χ2v) is 4.47. The van der Waals surface area contributed by atoms with Gasteiger partial charge >= 0.3 is 6.61 Å². The number of hydrogen-bond acceptors (Lipinski definition) is 3. The Morgan fingerprint density at radius 2 is 2.06 bits per heavy atom. The van der Waals surface area contributed by atoms with E-state index in [-0.39, 0.29) is 11.3 Å². The summed E-state index contributed by atoms with van der Waals surface area (Å²) in [5, 5.41) is 3.25. The zero-order valence-electron chi connectivity index (χ0n) is 9.63. The molecule has 0 bridgehead atoms. The van der Waals surface area contributed by atoms with Crippen LogP contribution in [0.4, 0.5) is 8.78 Å². The largest absolute Gasteiger partial charge is 0.433 e. The molecule has 0 aliphatic heterocycles. The molecule has 0 saturated carbocycles. The molecule has 0 aliphatic carbocycles. The van der Waals surface area contributed by atoms with Gasteiger partial charge in [0.25, 0.3) is 0 Å². The van der Waals surface area contributed by atoms with Gasteiger partial charge in [0, 0.05) is 12.1 Å². The van der Waals surface area contributed by atoms with Crippen LogP contribution < -0.4 is 10.1 Å². The molecule has 0 fully saturated rings. The van der Waals surface area contributed by atoms with E-state index in [1.54, 1.807) is 6.07 Å². The average Bonchev–Trinajstić information content (AvgIpc) is 2.14. The molecule has 5 heteroatoms. The summed E-state index contributed by atoms with van der Waals surface area (Å²) in [5.74, 6) is 0.0782. The Morgan fingerprint density at radius 3 is 2.50 bits per heavy atom. The Balaban J connectivity index is 2.51. The van der Waals surface area contributed by atoms with Gasteiger partial charge in [-0.1, -0.05) is 0 Å². The van der Waals surface area contributed by atoms with E-state index in [9.17, 15) is 8.78 Å². The average molecular weight is 230 g/mol.